The van der Waals surface area contributed by atoms with Gasteiger partial charge in [0.2, 0.25) is 0 Å². The Hall–Kier alpha value is -1.22. The summed E-state index contributed by atoms with van der Waals surface area (Å²) in [7, 11) is 0. The zero-order chi connectivity index (χ0) is 13.9. The first kappa shape index (κ1) is 14.2. The third-order valence-corrected chi connectivity index (χ3v) is 3.30. The smallest absolute Gasteiger partial charge is 0.376 e. The van der Waals surface area contributed by atoms with Crippen LogP contribution in [0.15, 0.2) is 0 Å². The summed E-state index contributed by atoms with van der Waals surface area (Å²) < 4.78 is 40.9. The third-order valence-electron chi connectivity index (χ3n) is 2.56. The van der Waals surface area contributed by atoms with Crippen LogP contribution in [0.1, 0.15) is 21.7 Å². The zero-order valence-corrected chi connectivity index (χ0v) is 10.7. The molecule has 0 radical (unpaired) electrons. The van der Waals surface area contributed by atoms with Crippen molar-refractivity contribution in [1.82, 2.24) is 15.5 Å². The van der Waals surface area contributed by atoms with Crippen LogP contribution < -0.4 is 5.32 Å². The second-order valence-corrected chi connectivity index (χ2v) is 5.04. The van der Waals surface area contributed by atoms with Crippen LogP contribution in [-0.2, 0) is 17.8 Å². The maximum absolute atomic E-state index is 11.9. The molecule has 0 saturated heterocycles. The van der Waals surface area contributed by atoms with Gasteiger partial charge in [0.1, 0.15) is 0 Å². The number of halogens is 3. The van der Waals surface area contributed by atoms with Gasteiger partial charge in [0.05, 0.1) is 13.2 Å². The van der Waals surface area contributed by atoms with Crippen molar-refractivity contribution in [3.8, 4) is 0 Å². The fourth-order valence-corrected chi connectivity index (χ4v) is 2.15. The maximum Gasteiger partial charge on any atom is 0.441 e. The first-order valence-electron chi connectivity index (χ1n) is 5.60. The molecule has 0 fully saturated rings. The van der Waals surface area contributed by atoms with Crippen LogP contribution in [0.4, 0.5) is 13.2 Å². The van der Waals surface area contributed by atoms with Crippen molar-refractivity contribution < 1.29 is 22.7 Å². The van der Waals surface area contributed by atoms with E-state index in [2.05, 4.69) is 15.5 Å². The standard InChI is InChI=1S/C10H12F3N3O2S/c11-10(12,13)19-4-2-14-9(17)8-6-5-18-3-1-7(6)15-16-8/h1-5H2,(H,14,17)(H,15,16). The van der Waals surface area contributed by atoms with Gasteiger partial charge < -0.3 is 10.1 Å². The first-order chi connectivity index (χ1) is 8.97. The lowest BCUT2D eigenvalue weighted by molar-refractivity contribution is -0.0327. The normalized spacial score (nSPS) is 15.1. The van der Waals surface area contributed by atoms with Gasteiger partial charge in [-0.1, -0.05) is 0 Å². The Morgan fingerprint density at radius 1 is 1.53 bits per heavy atom. The first-order valence-corrected chi connectivity index (χ1v) is 6.58. The van der Waals surface area contributed by atoms with Crippen LogP contribution >= 0.6 is 11.8 Å². The van der Waals surface area contributed by atoms with Gasteiger partial charge in [-0.05, 0) is 11.8 Å². The van der Waals surface area contributed by atoms with Crippen molar-refractivity contribution in [3.63, 3.8) is 0 Å². The van der Waals surface area contributed by atoms with Crippen molar-refractivity contribution in [2.75, 3.05) is 18.9 Å². The molecule has 1 aromatic rings. The number of carbonyl (C=O) groups excluding carboxylic acids is 1. The Morgan fingerprint density at radius 3 is 3.05 bits per heavy atom. The van der Waals surface area contributed by atoms with E-state index >= 15 is 0 Å². The average Bonchev–Trinajstić information content (AvgIpc) is 2.77. The number of hydrogen-bond acceptors (Lipinski definition) is 4. The van der Waals surface area contributed by atoms with Crippen LogP contribution in [0.3, 0.4) is 0 Å². The Kier molecular flexibility index (Phi) is 4.35. The van der Waals surface area contributed by atoms with E-state index in [9.17, 15) is 18.0 Å². The molecule has 0 bridgehead atoms. The van der Waals surface area contributed by atoms with E-state index in [1.165, 1.54) is 0 Å². The summed E-state index contributed by atoms with van der Waals surface area (Å²) in [6.07, 6.45) is 0.652. The minimum Gasteiger partial charge on any atom is -0.376 e. The molecule has 0 saturated carbocycles. The summed E-state index contributed by atoms with van der Waals surface area (Å²) >= 11 is -0.166. The van der Waals surface area contributed by atoms with Crippen molar-refractivity contribution in [3.05, 3.63) is 17.0 Å². The van der Waals surface area contributed by atoms with E-state index in [0.717, 1.165) is 5.69 Å². The number of hydrogen-bond donors (Lipinski definition) is 2. The Morgan fingerprint density at radius 2 is 2.32 bits per heavy atom. The molecule has 2 N–H and O–H groups in total. The second kappa shape index (κ2) is 5.83. The summed E-state index contributed by atoms with van der Waals surface area (Å²) in [5.41, 5.74) is -2.54. The number of nitrogens with zero attached hydrogens (tertiary/aromatic N) is 1. The summed E-state index contributed by atoms with van der Waals surface area (Å²) in [5, 5.41) is 9.03. The molecule has 19 heavy (non-hydrogen) atoms. The lowest BCUT2D eigenvalue weighted by Crippen LogP contribution is -2.28. The monoisotopic (exact) mass is 295 g/mol. The van der Waals surface area contributed by atoms with E-state index in [1.54, 1.807) is 0 Å². The summed E-state index contributed by atoms with van der Waals surface area (Å²) in [6.45, 7) is 0.801. The minimum atomic E-state index is -4.27. The molecule has 0 aliphatic carbocycles. The molecule has 2 rings (SSSR count). The quantitative estimate of drug-likeness (QED) is 0.825. The molecule has 9 heteroatoms. The molecule has 0 aromatic carbocycles. The maximum atomic E-state index is 11.9. The number of amides is 1. The van der Waals surface area contributed by atoms with E-state index < -0.39 is 11.4 Å². The highest BCUT2D eigenvalue weighted by molar-refractivity contribution is 8.00. The van der Waals surface area contributed by atoms with Gasteiger partial charge in [-0.15, -0.1) is 0 Å². The number of ether oxygens (including phenoxy) is 1. The van der Waals surface area contributed by atoms with Crippen molar-refractivity contribution >= 4 is 17.7 Å². The van der Waals surface area contributed by atoms with E-state index in [4.69, 9.17) is 4.74 Å². The van der Waals surface area contributed by atoms with Crippen LogP contribution in [-0.4, -0.2) is 40.5 Å². The molecule has 0 spiro atoms. The van der Waals surface area contributed by atoms with Crippen molar-refractivity contribution in [2.24, 2.45) is 0 Å². The molecule has 1 aliphatic rings. The molecule has 106 valence electrons. The predicted octanol–water partition coefficient (Wildman–Crippen LogP) is 1.47. The summed E-state index contributed by atoms with van der Waals surface area (Å²) in [5.74, 6) is -0.705. The van der Waals surface area contributed by atoms with Gasteiger partial charge in [-0.3, -0.25) is 9.89 Å². The lowest BCUT2D eigenvalue weighted by Gasteiger charge is -2.12. The lowest BCUT2D eigenvalue weighted by atomic mass is 10.1. The number of aromatic nitrogens is 2. The van der Waals surface area contributed by atoms with E-state index in [-0.39, 0.29) is 29.8 Å². The number of H-pyrrole nitrogens is 1. The van der Waals surface area contributed by atoms with Gasteiger partial charge in [-0.2, -0.15) is 18.3 Å². The number of alkyl halides is 3. The number of aromatic amines is 1. The van der Waals surface area contributed by atoms with Crippen molar-refractivity contribution in [1.29, 1.82) is 0 Å². The molecular formula is C10H12F3N3O2S. The van der Waals surface area contributed by atoms with Crippen LogP contribution in [0.25, 0.3) is 0 Å². The number of rotatable bonds is 4. The Bertz CT molecular complexity index is 461. The van der Waals surface area contributed by atoms with Gasteiger partial charge in [0.15, 0.2) is 5.69 Å². The van der Waals surface area contributed by atoms with E-state index in [1.807, 2.05) is 0 Å². The minimum absolute atomic E-state index is 0.0640. The Labute approximate surface area is 111 Å². The van der Waals surface area contributed by atoms with Crippen molar-refractivity contribution in [2.45, 2.75) is 18.5 Å². The second-order valence-electron chi connectivity index (χ2n) is 3.88. The van der Waals surface area contributed by atoms with E-state index in [0.29, 0.717) is 25.2 Å². The predicted molar refractivity (Wildman–Crippen MR) is 62.8 cm³/mol. The SMILES string of the molecule is O=C(NCCSC(F)(F)F)c1n[nH]c2c1COCC2. The average molecular weight is 295 g/mol. The Balaban J connectivity index is 1.85. The van der Waals surface area contributed by atoms with Crippen LogP contribution in [0.5, 0.6) is 0 Å². The largest absolute Gasteiger partial charge is 0.441 e. The highest BCUT2D eigenvalue weighted by Gasteiger charge is 2.28. The molecular weight excluding hydrogens is 283 g/mol. The third kappa shape index (κ3) is 3.87. The highest BCUT2D eigenvalue weighted by atomic mass is 32.2. The highest BCUT2D eigenvalue weighted by Crippen LogP contribution is 2.29. The number of carbonyl (C=O) groups is 1. The van der Waals surface area contributed by atoms with Gasteiger partial charge in [0.25, 0.3) is 5.91 Å². The van der Waals surface area contributed by atoms with Crippen LogP contribution in [0.2, 0.25) is 0 Å². The molecule has 0 unspecified atom stereocenters. The van der Waals surface area contributed by atoms with Crippen LogP contribution in [0, 0.1) is 0 Å². The molecule has 1 aliphatic heterocycles. The fraction of sp³-hybridized carbons (Fsp3) is 0.600. The molecule has 1 amide bonds. The summed E-state index contributed by atoms with van der Waals surface area (Å²) in [6, 6.07) is 0. The van der Waals surface area contributed by atoms with Gasteiger partial charge in [0, 0.05) is 30.0 Å². The number of thioether (sulfide) groups is 1. The number of nitrogens with one attached hydrogen (secondary N) is 2. The molecule has 2 heterocycles. The number of fused-ring (bicyclic) bond motifs is 1. The zero-order valence-electron chi connectivity index (χ0n) is 9.84. The van der Waals surface area contributed by atoms with Gasteiger partial charge >= 0.3 is 5.51 Å². The molecule has 0 atom stereocenters. The van der Waals surface area contributed by atoms with Gasteiger partial charge in [-0.25, -0.2) is 0 Å². The molecule has 1 aromatic heterocycles. The fourth-order valence-electron chi connectivity index (χ4n) is 1.71. The topological polar surface area (TPSA) is 67.0 Å². The summed E-state index contributed by atoms with van der Waals surface area (Å²) in [4.78, 5) is 11.8. The molecule has 5 nitrogen and oxygen atoms in total.